The fourth-order valence-electron chi connectivity index (χ4n) is 2.55. The predicted molar refractivity (Wildman–Crippen MR) is 83.8 cm³/mol. The first-order chi connectivity index (χ1) is 10.5. The minimum atomic E-state index is -0.801. The molecule has 0 radical (unpaired) electrons. The van der Waals surface area contributed by atoms with Crippen molar-refractivity contribution in [3.05, 3.63) is 29.8 Å². The third kappa shape index (κ3) is 5.15. The van der Waals surface area contributed by atoms with Crippen molar-refractivity contribution in [2.45, 2.75) is 45.1 Å². The molecule has 120 valence electrons. The van der Waals surface area contributed by atoms with Crippen LogP contribution in [0.4, 0.5) is 5.69 Å². The van der Waals surface area contributed by atoms with Gasteiger partial charge in [0.1, 0.15) is 0 Å². The number of carbonyl (C=O) groups excluding carboxylic acids is 1. The maximum atomic E-state index is 12.0. The number of amides is 1. The van der Waals surface area contributed by atoms with E-state index >= 15 is 0 Å². The molecule has 1 aromatic rings. The number of aliphatic carboxylic acids is 1. The fraction of sp³-hybridized carbons (Fsp3) is 0.529. The van der Waals surface area contributed by atoms with E-state index in [1.165, 1.54) is 0 Å². The summed E-state index contributed by atoms with van der Waals surface area (Å²) < 4.78 is 5.56. The number of benzene rings is 1. The van der Waals surface area contributed by atoms with Crippen molar-refractivity contribution in [1.29, 1.82) is 0 Å². The third-order valence-electron chi connectivity index (χ3n) is 3.89. The van der Waals surface area contributed by atoms with Crippen molar-refractivity contribution >= 4 is 17.6 Å². The summed E-state index contributed by atoms with van der Waals surface area (Å²) in [5, 5.41) is 11.8. The second-order valence-electron chi connectivity index (χ2n) is 5.88. The summed E-state index contributed by atoms with van der Waals surface area (Å²) in [6.45, 7) is 2.43. The molecular formula is C17H23NO4. The van der Waals surface area contributed by atoms with Crippen molar-refractivity contribution in [2.75, 3.05) is 11.9 Å². The lowest BCUT2D eigenvalue weighted by Gasteiger charge is -2.21. The van der Waals surface area contributed by atoms with Crippen LogP contribution in [0.1, 0.15) is 38.2 Å². The molecule has 1 saturated heterocycles. The largest absolute Gasteiger partial charge is 0.481 e. The number of carboxylic acid groups (broad SMARTS) is 1. The van der Waals surface area contributed by atoms with Crippen molar-refractivity contribution in [2.24, 2.45) is 5.92 Å². The van der Waals surface area contributed by atoms with E-state index in [1.807, 2.05) is 24.3 Å². The first-order valence-electron chi connectivity index (χ1n) is 7.78. The highest BCUT2D eigenvalue weighted by atomic mass is 16.5. The molecule has 1 aliphatic rings. The Morgan fingerprint density at radius 1 is 1.32 bits per heavy atom. The zero-order chi connectivity index (χ0) is 15.9. The monoisotopic (exact) mass is 305 g/mol. The summed E-state index contributed by atoms with van der Waals surface area (Å²) >= 11 is 0. The van der Waals surface area contributed by atoms with Gasteiger partial charge in [0, 0.05) is 12.3 Å². The van der Waals surface area contributed by atoms with Crippen LogP contribution in [0, 0.1) is 5.92 Å². The Morgan fingerprint density at radius 2 is 2.05 bits per heavy atom. The smallest absolute Gasteiger partial charge is 0.306 e. The standard InChI is InChI=1S/C17H23NO4/c1-12(17(20)21)10-13-5-7-14(8-6-13)18-16(19)11-15-4-2-3-9-22-15/h5-8,12,15H,2-4,9-11H2,1H3,(H,18,19)(H,20,21). The fourth-order valence-corrected chi connectivity index (χ4v) is 2.55. The molecule has 1 aromatic carbocycles. The first kappa shape index (κ1) is 16.5. The normalized spacial score (nSPS) is 19.4. The molecule has 0 bridgehead atoms. The van der Waals surface area contributed by atoms with Gasteiger partial charge in [-0.3, -0.25) is 9.59 Å². The number of anilines is 1. The summed E-state index contributed by atoms with van der Waals surface area (Å²) in [5.74, 6) is -1.26. The number of hydrogen-bond donors (Lipinski definition) is 2. The quantitative estimate of drug-likeness (QED) is 0.847. The summed E-state index contributed by atoms with van der Waals surface area (Å²) in [4.78, 5) is 22.8. The van der Waals surface area contributed by atoms with Crippen molar-refractivity contribution < 1.29 is 19.4 Å². The summed E-state index contributed by atoms with van der Waals surface area (Å²) in [7, 11) is 0. The molecule has 2 rings (SSSR count). The van der Waals surface area contributed by atoms with E-state index in [-0.39, 0.29) is 12.0 Å². The molecule has 1 amide bonds. The Balaban J connectivity index is 1.82. The Morgan fingerprint density at radius 3 is 2.64 bits per heavy atom. The molecule has 2 N–H and O–H groups in total. The van der Waals surface area contributed by atoms with E-state index in [0.717, 1.165) is 37.1 Å². The van der Waals surface area contributed by atoms with Gasteiger partial charge in [-0.1, -0.05) is 19.1 Å². The van der Waals surface area contributed by atoms with Crippen LogP contribution in [0.3, 0.4) is 0 Å². The number of carboxylic acids is 1. The van der Waals surface area contributed by atoms with E-state index in [9.17, 15) is 9.59 Å². The molecule has 5 heteroatoms. The molecule has 5 nitrogen and oxygen atoms in total. The second kappa shape index (κ2) is 7.94. The van der Waals surface area contributed by atoms with Crippen LogP contribution in [0.25, 0.3) is 0 Å². The van der Waals surface area contributed by atoms with Gasteiger partial charge in [0.15, 0.2) is 0 Å². The van der Waals surface area contributed by atoms with Gasteiger partial charge < -0.3 is 15.2 Å². The van der Waals surface area contributed by atoms with Crippen LogP contribution >= 0.6 is 0 Å². The van der Waals surface area contributed by atoms with E-state index in [0.29, 0.717) is 12.8 Å². The average molecular weight is 305 g/mol. The van der Waals surface area contributed by atoms with Gasteiger partial charge in [-0.2, -0.15) is 0 Å². The Bertz CT molecular complexity index is 506. The number of ether oxygens (including phenoxy) is 1. The average Bonchev–Trinajstić information content (AvgIpc) is 2.50. The molecule has 1 fully saturated rings. The van der Waals surface area contributed by atoms with Crippen molar-refractivity contribution in [3.8, 4) is 0 Å². The van der Waals surface area contributed by atoms with Crippen LogP contribution in [0.15, 0.2) is 24.3 Å². The summed E-state index contributed by atoms with van der Waals surface area (Å²) in [5.41, 5.74) is 1.68. The molecule has 0 aliphatic carbocycles. The highest BCUT2D eigenvalue weighted by Crippen LogP contribution is 2.17. The van der Waals surface area contributed by atoms with Crippen LogP contribution in [-0.4, -0.2) is 29.7 Å². The Hall–Kier alpha value is -1.88. The lowest BCUT2D eigenvalue weighted by Crippen LogP contribution is -2.25. The molecule has 2 atom stereocenters. The molecule has 1 aliphatic heterocycles. The number of nitrogens with one attached hydrogen (secondary N) is 1. The Kier molecular flexibility index (Phi) is 5.95. The maximum Gasteiger partial charge on any atom is 0.306 e. The van der Waals surface area contributed by atoms with E-state index < -0.39 is 11.9 Å². The molecule has 1 heterocycles. The second-order valence-corrected chi connectivity index (χ2v) is 5.88. The van der Waals surface area contributed by atoms with Gasteiger partial charge in [0.25, 0.3) is 0 Å². The Labute approximate surface area is 130 Å². The van der Waals surface area contributed by atoms with Crippen LogP contribution in [0.2, 0.25) is 0 Å². The zero-order valence-electron chi connectivity index (χ0n) is 12.9. The maximum absolute atomic E-state index is 12.0. The van der Waals surface area contributed by atoms with Gasteiger partial charge in [-0.15, -0.1) is 0 Å². The third-order valence-corrected chi connectivity index (χ3v) is 3.89. The summed E-state index contributed by atoms with van der Waals surface area (Å²) in [6.07, 6.45) is 4.05. The van der Waals surface area contributed by atoms with Crippen LogP contribution in [-0.2, 0) is 20.7 Å². The van der Waals surface area contributed by atoms with Gasteiger partial charge in [0.05, 0.1) is 18.4 Å². The number of rotatable bonds is 6. The van der Waals surface area contributed by atoms with Gasteiger partial charge in [-0.05, 0) is 43.4 Å². The topological polar surface area (TPSA) is 75.6 Å². The van der Waals surface area contributed by atoms with E-state index in [1.54, 1.807) is 6.92 Å². The van der Waals surface area contributed by atoms with E-state index in [4.69, 9.17) is 9.84 Å². The van der Waals surface area contributed by atoms with E-state index in [2.05, 4.69) is 5.32 Å². The predicted octanol–water partition coefficient (Wildman–Crippen LogP) is 2.85. The molecule has 0 saturated carbocycles. The van der Waals surface area contributed by atoms with Crippen molar-refractivity contribution in [1.82, 2.24) is 0 Å². The van der Waals surface area contributed by atoms with Gasteiger partial charge >= 0.3 is 5.97 Å². The molecular weight excluding hydrogens is 282 g/mol. The van der Waals surface area contributed by atoms with Gasteiger partial charge in [0.2, 0.25) is 5.91 Å². The SMILES string of the molecule is CC(Cc1ccc(NC(=O)CC2CCCCO2)cc1)C(=O)O. The summed E-state index contributed by atoms with van der Waals surface area (Å²) in [6, 6.07) is 7.32. The molecule has 22 heavy (non-hydrogen) atoms. The molecule has 0 spiro atoms. The molecule has 0 aromatic heterocycles. The minimum Gasteiger partial charge on any atom is -0.481 e. The molecule has 2 unspecified atom stereocenters. The van der Waals surface area contributed by atoms with Gasteiger partial charge in [-0.25, -0.2) is 0 Å². The number of carbonyl (C=O) groups is 2. The van der Waals surface area contributed by atoms with Crippen LogP contribution in [0.5, 0.6) is 0 Å². The minimum absolute atomic E-state index is 0.0319. The lowest BCUT2D eigenvalue weighted by molar-refractivity contribution is -0.141. The first-order valence-corrected chi connectivity index (χ1v) is 7.78. The van der Waals surface area contributed by atoms with Crippen LogP contribution < -0.4 is 5.32 Å². The highest BCUT2D eigenvalue weighted by Gasteiger charge is 2.17. The van der Waals surface area contributed by atoms with Crippen molar-refractivity contribution in [3.63, 3.8) is 0 Å². The highest BCUT2D eigenvalue weighted by molar-refractivity contribution is 5.91. The number of hydrogen-bond acceptors (Lipinski definition) is 3. The zero-order valence-corrected chi connectivity index (χ0v) is 12.9. The lowest BCUT2D eigenvalue weighted by atomic mass is 10.0.